The van der Waals surface area contributed by atoms with Crippen molar-refractivity contribution in [1.29, 1.82) is 0 Å². The van der Waals surface area contributed by atoms with Crippen LogP contribution in [-0.2, 0) is 30.2 Å². The van der Waals surface area contributed by atoms with Crippen LogP contribution in [0.3, 0.4) is 0 Å². The van der Waals surface area contributed by atoms with Crippen molar-refractivity contribution in [1.82, 2.24) is 15.3 Å². The Morgan fingerprint density at radius 3 is 2.35 bits per heavy atom. The average Bonchev–Trinajstić information content (AvgIpc) is 3.37. The smallest absolute Gasteiger partial charge is 0.323 e. The summed E-state index contributed by atoms with van der Waals surface area (Å²) in [5.74, 6) is 0.654. The van der Waals surface area contributed by atoms with Crippen LogP contribution in [-0.4, -0.2) is 75.4 Å². The topological polar surface area (TPSA) is 136 Å². The molecule has 40 heavy (non-hydrogen) atoms. The Balaban J connectivity index is 0.000000609. The lowest BCUT2D eigenvalue weighted by atomic mass is 10.1. The van der Waals surface area contributed by atoms with Crippen LogP contribution in [0, 0.1) is 5.92 Å². The summed E-state index contributed by atoms with van der Waals surface area (Å²) in [4.78, 5) is 34.8. The Kier molecular flexibility index (Phi) is 18.8. The standard InChI is InChI=1S/C19H26N3O6P.C8H10O.CH4O/c1-15-13-17(27-18(15)22(10-6-11-23)19(25)20-2)14-26-29(21-9-12-24)28-16-7-4-3-5-8-16;1-9-7-8-5-3-2-4-6-8;1-2/h3-8,10-12,15,17-18,21H,9,13-14H2,1-2H3,(H,20,25);2-6H,7H2,1H3;2H,1H3/b10-6-;;. The summed E-state index contributed by atoms with van der Waals surface area (Å²) in [6.07, 6.45) is 3.84. The van der Waals surface area contributed by atoms with Crippen molar-refractivity contribution >= 4 is 27.1 Å². The number of methoxy groups -OCH3 is 1. The van der Waals surface area contributed by atoms with Crippen LogP contribution in [0.1, 0.15) is 18.9 Å². The van der Waals surface area contributed by atoms with Crippen LogP contribution in [0.15, 0.2) is 72.9 Å². The van der Waals surface area contributed by atoms with Gasteiger partial charge < -0.3 is 33.7 Å². The lowest BCUT2D eigenvalue weighted by molar-refractivity contribution is -0.107. The van der Waals surface area contributed by atoms with Gasteiger partial charge in [-0.2, -0.15) is 0 Å². The van der Waals surface area contributed by atoms with Gasteiger partial charge in [0.2, 0.25) is 0 Å². The Labute approximate surface area is 237 Å². The summed E-state index contributed by atoms with van der Waals surface area (Å²) in [6, 6.07) is 18.9. The Morgan fingerprint density at radius 2 is 1.77 bits per heavy atom. The molecule has 1 aliphatic heterocycles. The van der Waals surface area contributed by atoms with E-state index in [1.54, 1.807) is 19.2 Å². The van der Waals surface area contributed by atoms with Gasteiger partial charge in [-0.3, -0.25) is 9.69 Å². The Hall–Kier alpha value is -3.18. The average molecular weight is 578 g/mol. The molecule has 1 heterocycles. The predicted molar refractivity (Wildman–Crippen MR) is 153 cm³/mol. The van der Waals surface area contributed by atoms with Gasteiger partial charge in [0.05, 0.1) is 25.9 Å². The number of hydrogen-bond donors (Lipinski definition) is 3. The van der Waals surface area contributed by atoms with Gasteiger partial charge in [-0.1, -0.05) is 55.5 Å². The summed E-state index contributed by atoms with van der Waals surface area (Å²) < 4.78 is 22.5. The van der Waals surface area contributed by atoms with Crippen LogP contribution in [0.4, 0.5) is 4.79 Å². The van der Waals surface area contributed by atoms with Gasteiger partial charge in [-0.25, -0.2) is 9.88 Å². The highest BCUT2D eigenvalue weighted by Crippen LogP contribution is 2.37. The molecule has 0 saturated carbocycles. The maximum absolute atomic E-state index is 12.1. The molecular weight excluding hydrogens is 537 g/mol. The number of rotatable bonds is 13. The molecule has 1 fully saturated rings. The maximum Gasteiger partial charge on any atom is 0.323 e. The van der Waals surface area contributed by atoms with Crippen LogP contribution >= 0.6 is 8.53 Å². The second kappa shape index (κ2) is 21.6. The van der Waals surface area contributed by atoms with E-state index >= 15 is 0 Å². The first-order valence-electron chi connectivity index (χ1n) is 12.6. The van der Waals surface area contributed by atoms with E-state index in [0.717, 1.165) is 13.4 Å². The van der Waals surface area contributed by atoms with Crippen molar-refractivity contribution in [2.75, 3.05) is 34.4 Å². The first kappa shape index (κ1) is 34.8. The number of amides is 2. The van der Waals surface area contributed by atoms with Crippen LogP contribution in [0.25, 0.3) is 0 Å². The summed E-state index contributed by atoms with van der Waals surface area (Å²) in [7, 11) is 2.67. The molecule has 0 aliphatic carbocycles. The number of urea groups is 1. The molecule has 0 aromatic heterocycles. The van der Waals surface area contributed by atoms with Gasteiger partial charge in [-0.15, -0.1) is 0 Å². The molecule has 220 valence electrons. The van der Waals surface area contributed by atoms with E-state index < -0.39 is 14.8 Å². The van der Waals surface area contributed by atoms with E-state index in [1.165, 1.54) is 29.8 Å². The lowest BCUT2D eigenvalue weighted by Gasteiger charge is -2.27. The number of benzene rings is 2. The van der Waals surface area contributed by atoms with Crippen molar-refractivity contribution in [2.24, 2.45) is 5.92 Å². The summed E-state index contributed by atoms with van der Waals surface area (Å²) >= 11 is 0. The molecule has 1 aliphatic rings. The van der Waals surface area contributed by atoms with Crippen molar-refractivity contribution < 1.29 is 38.0 Å². The summed E-state index contributed by atoms with van der Waals surface area (Å²) in [6.45, 7) is 3.00. The normalized spacial score (nSPS) is 18.4. The molecule has 2 aromatic rings. The van der Waals surface area contributed by atoms with E-state index in [4.69, 9.17) is 23.6 Å². The lowest BCUT2D eigenvalue weighted by Crippen LogP contribution is -2.44. The van der Waals surface area contributed by atoms with Crippen molar-refractivity contribution in [3.8, 4) is 5.75 Å². The molecule has 3 rings (SSSR count). The highest BCUT2D eigenvalue weighted by Gasteiger charge is 2.38. The SMILES string of the molecule is CNC(=O)N(/C=C\C=O)C1OC(COP(NCC=O)Oc2ccccc2)CC1C.CO.COCc1ccccc1. The summed E-state index contributed by atoms with van der Waals surface area (Å²) in [5, 5.41) is 12.5. The quantitative estimate of drug-likeness (QED) is 0.185. The van der Waals surface area contributed by atoms with E-state index in [1.807, 2.05) is 55.5 Å². The van der Waals surface area contributed by atoms with Crippen molar-refractivity contribution in [3.05, 3.63) is 78.5 Å². The second-order valence-corrected chi connectivity index (χ2v) is 9.48. The molecule has 4 atom stereocenters. The number of aliphatic hydroxyl groups is 1. The first-order chi connectivity index (χ1) is 19.5. The first-order valence-corrected chi connectivity index (χ1v) is 13.8. The number of hydrogen-bond acceptors (Lipinski definition) is 9. The molecule has 12 heteroatoms. The number of nitrogens with zero attached hydrogens (tertiary/aromatic N) is 1. The van der Waals surface area contributed by atoms with Crippen molar-refractivity contribution in [3.63, 3.8) is 0 Å². The molecule has 2 amide bonds. The molecule has 3 N–H and O–H groups in total. The number of para-hydroxylation sites is 1. The number of aldehydes is 2. The van der Waals surface area contributed by atoms with E-state index in [9.17, 15) is 14.4 Å². The van der Waals surface area contributed by atoms with Crippen LogP contribution in [0.2, 0.25) is 0 Å². The minimum Gasteiger partial charge on any atom is -0.436 e. The molecule has 1 saturated heterocycles. The van der Waals surface area contributed by atoms with Crippen LogP contribution in [0.5, 0.6) is 5.75 Å². The second-order valence-electron chi connectivity index (χ2n) is 8.21. The zero-order chi connectivity index (χ0) is 29.6. The fourth-order valence-electron chi connectivity index (χ4n) is 3.57. The number of allylic oxidation sites excluding steroid dienone is 1. The van der Waals surface area contributed by atoms with Gasteiger partial charge in [0.1, 0.15) is 24.5 Å². The van der Waals surface area contributed by atoms with Crippen LogP contribution < -0.4 is 14.9 Å². The third kappa shape index (κ3) is 13.3. The maximum atomic E-state index is 12.1. The molecule has 0 spiro atoms. The van der Waals surface area contributed by atoms with Gasteiger partial charge in [-0.05, 0) is 30.2 Å². The number of carbonyl (C=O) groups is 3. The third-order valence-electron chi connectivity index (χ3n) is 5.27. The van der Waals surface area contributed by atoms with E-state index in [0.29, 0.717) is 25.1 Å². The highest BCUT2D eigenvalue weighted by atomic mass is 31.2. The molecule has 4 unspecified atom stereocenters. The zero-order valence-electron chi connectivity index (χ0n) is 23.3. The minimum atomic E-state index is -1.54. The monoisotopic (exact) mass is 577 g/mol. The molecule has 2 aromatic carbocycles. The number of nitrogens with one attached hydrogen (secondary N) is 2. The Bertz CT molecular complexity index is 984. The number of aliphatic hydroxyl groups excluding tert-OH is 1. The van der Waals surface area contributed by atoms with Gasteiger partial charge in [0, 0.05) is 33.4 Å². The van der Waals surface area contributed by atoms with Gasteiger partial charge in [0.25, 0.3) is 0 Å². The van der Waals surface area contributed by atoms with E-state index in [-0.39, 0.29) is 31.2 Å². The third-order valence-corrected chi connectivity index (χ3v) is 6.47. The zero-order valence-corrected chi connectivity index (χ0v) is 24.2. The minimum absolute atomic E-state index is 0.0291. The molecule has 11 nitrogen and oxygen atoms in total. The molecule has 0 bridgehead atoms. The van der Waals surface area contributed by atoms with Gasteiger partial charge in [0.15, 0.2) is 0 Å². The fourth-order valence-corrected chi connectivity index (χ4v) is 4.62. The number of carbonyl (C=O) groups excluding carboxylic acids is 3. The molecule has 0 radical (unpaired) electrons. The summed E-state index contributed by atoms with van der Waals surface area (Å²) in [5.41, 5.74) is 1.22. The number of ether oxygens (including phenoxy) is 2. The fraction of sp³-hybridized carbons (Fsp3) is 0.393. The molecular formula is C28H40N3O8P. The predicted octanol–water partition coefficient (Wildman–Crippen LogP) is 3.64. The largest absolute Gasteiger partial charge is 0.436 e. The van der Waals surface area contributed by atoms with Gasteiger partial charge >= 0.3 is 14.6 Å². The van der Waals surface area contributed by atoms with Crippen molar-refractivity contribution in [2.45, 2.75) is 32.3 Å². The van der Waals surface area contributed by atoms with E-state index in [2.05, 4.69) is 10.4 Å². The Morgan fingerprint density at radius 1 is 1.12 bits per heavy atom. The highest BCUT2D eigenvalue weighted by molar-refractivity contribution is 7.45.